The van der Waals surface area contributed by atoms with Crippen LogP contribution in [0.3, 0.4) is 0 Å². The van der Waals surface area contributed by atoms with E-state index >= 15 is 0 Å². The number of aryl methyl sites for hydroxylation is 1. The van der Waals surface area contributed by atoms with E-state index in [9.17, 15) is 0 Å². The summed E-state index contributed by atoms with van der Waals surface area (Å²) in [4.78, 5) is 2.61. The maximum Gasteiger partial charge on any atom is 0.208 e. The minimum Gasteiger partial charge on any atom is -0.393 e. The molecule has 0 unspecified atom stereocenters. The number of thiocarbonyl (C=S) groups is 1. The molecular weight excluding hydrogens is 244 g/mol. The van der Waals surface area contributed by atoms with Gasteiger partial charge in [-0.15, -0.1) is 10.2 Å². The Hall–Kier alpha value is -0.790. The number of hydrogen-bond donors (Lipinski definition) is 1. The summed E-state index contributed by atoms with van der Waals surface area (Å²) >= 11 is 6.43. The molecule has 0 amide bonds. The van der Waals surface area contributed by atoms with Gasteiger partial charge in [0.1, 0.15) is 5.01 Å². The molecule has 1 rings (SSSR count). The molecular formula is C9H16N4OS2. The highest BCUT2D eigenvalue weighted by atomic mass is 32.1. The average molecular weight is 260 g/mol. The van der Waals surface area contributed by atoms with Crippen molar-refractivity contribution in [1.82, 2.24) is 10.2 Å². The molecule has 0 aliphatic heterocycles. The molecule has 1 heterocycles. The van der Waals surface area contributed by atoms with Gasteiger partial charge in [-0.3, -0.25) is 0 Å². The second kappa shape index (κ2) is 6.72. The van der Waals surface area contributed by atoms with Crippen LogP contribution in [-0.2, 0) is 4.74 Å². The van der Waals surface area contributed by atoms with Crippen molar-refractivity contribution in [2.24, 2.45) is 5.73 Å². The molecule has 1 aromatic rings. The summed E-state index contributed by atoms with van der Waals surface area (Å²) in [5.41, 5.74) is 5.49. The maximum absolute atomic E-state index is 5.49. The van der Waals surface area contributed by atoms with E-state index in [2.05, 4.69) is 15.1 Å². The topological polar surface area (TPSA) is 64.3 Å². The zero-order chi connectivity index (χ0) is 12.0. The van der Waals surface area contributed by atoms with Crippen LogP contribution in [-0.4, -0.2) is 42.0 Å². The van der Waals surface area contributed by atoms with E-state index in [-0.39, 0.29) is 0 Å². The Morgan fingerprint density at radius 3 is 2.75 bits per heavy atom. The summed E-state index contributed by atoms with van der Waals surface area (Å²) in [7, 11) is 1.68. The van der Waals surface area contributed by atoms with Gasteiger partial charge in [0, 0.05) is 26.6 Å². The van der Waals surface area contributed by atoms with Crippen molar-refractivity contribution in [3.63, 3.8) is 0 Å². The summed E-state index contributed by atoms with van der Waals surface area (Å²) < 4.78 is 5.06. The van der Waals surface area contributed by atoms with Crippen LogP contribution in [0.5, 0.6) is 0 Å². The number of methoxy groups -OCH3 is 1. The second-order valence-electron chi connectivity index (χ2n) is 3.30. The Morgan fingerprint density at radius 2 is 2.25 bits per heavy atom. The highest BCUT2D eigenvalue weighted by molar-refractivity contribution is 7.80. The molecule has 0 aromatic carbocycles. The van der Waals surface area contributed by atoms with E-state index in [1.54, 1.807) is 18.4 Å². The Labute approximate surface area is 105 Å². The third kappa shape index (κ3) is 4.38. The van der Waals surface area contributed by atoms with Gasteiger partial charge < -0.3 is 15.4 Å². The molecule has 5 nitrogen and oxygen atoms in total. The first-order chi connectivity index (χ1) is 7.63. The standard InChI is InChI=1S/C9H16N4OS2/c1-7-11-12-9(16-7)13(5-6-14-2)4-3-8(10)15/h3-6H2,1-2H3,(H2,10,15). The highest BCUT2D eigenvalue weighted by Crippen LogP contribution is 2.19. The number of nitrogens with zero attached hydrogens (tertiary/aromatic N) is 3. The molecule has 7 heteroatoms. The van der Waals surface area contributed by atoms with Crippen LogP contribution in [0, 0.1) is 6.92 Å². The molecule has 90 valence electrons. The van der Waals surface area contributed by atoms with Gasteiger partial charge in [0.25, 0.3) is 0 Å². The monoisotopic (exact) mass is 260 g/mol. The fourth-order valence-electron chi connectivity index (χ4n) is 1.16. The molecule has 0 saturated carbocycles. The predicted octanol–water partition coefficient (Wildman–Crippen LogP) is 0.976. The van der Waals surface area contributed by atoms with Gasteiger partial charge in [-0.2, -0.15) is 0 Å². The first kappa shape index (κ1) is 13.3. The Bertz CT molecular complexity index is 342. The molecule has 0 saturated heterocycles. The van der Waals surface area contributed by atoms with E-state index in [0.29, 0.717) is 18.0 Å². The van der Waals surface area contributed by atoms with Crippen molar-refractivity contribution in [3.05, 3.63) is 5.01 Å². The summed E-state index contributed by atoms with van der Waals surface area (Å²) in [5.74, 6) is 0. The first-order valence-electron chi connectivity index (χ1n) is 4.95. The molecule has 1 aromatic heterocycles. The fourth-order valence-corrected chi connectivity index (χ4v) is 1.99. The average Bonchev–Trinajstić information content (AvgIpc) is 2.64. The summed E-state index contributed by atoms with van der Waals surface area (Å²) in [6, 6.07) is 0. The van der Waals surface area contributed by atoms with Gasteiger partial charge in [-0.25, -0.2) is 0 Å². The lowest BCUT2D eigenvalue weighted by Gasteiger charge is -2.20. The van der Waals surface area contributed by atoms with Crippen molar-refractivity contribution < 1.29 is 4.74 Å². The van der Waals surface area contributed by atoms with Crippen LogP contribution in [0.2, 0.25) is 0 Å². The van der Waals surface area contributed by atoms with Crippen LogP contribution in [0.4, 0.5) is 5.13 Å². The normalized spacial score (nSPS) is 10.4. The third-order valence-corrected chi connectivity index (χ3v) is 3.08. The zero-order valence-electron chi connectivity index (χ0n) is 9.47. The number of anilines is 1. The number of rotatable bonds is 7. The van der Waals surface area contributed by atoms with Gasteiger partial charge >= 0.3 is 0 Å². The molecule has 0 bridgehead atoms. The molecule has 0 spiro atoms. The molecule has 16 heavy (non-hydrogen) atoms. The maximum atomic E-state index is 5.49. The number of aromatic nitrogens is 2. The van der Waals surface area contributed by atoms with E-state index < -0.39 is 0 Å². The molecule has 2 N–H and O–H groups in total. The molecule has 0 fully saturated rings. The largest absolute Gasteiger partial charge is 0.393 e. The van der Waals surface area contributed by atoms with Gasteiger partial charge in [0.2, 0.25) is 5.13 Å². The van der Waals surface area contributed by atoms with Crippen LogP contribution in [0.15, 0.2) is 0 Å². The van der Waals surface area contributed by atoms with E-state index in [1.807, 2.05) is 6.92 Å². The molecule has 0 aliphatic rings. The highest BCUT2D eigenvalue weighted by Gasteiger charge is 2.11. The van der Waals surface area contributed by atoms with Crippen LogP contribution >= 0.6 is 23.6 Å². The quantitative estimate of drug-likeness (QED) is 0.737. The number of ether oxygens (including phenoxy) is 1. The predicted molar refractivity (Wildman–Crippen MR) is 70.1 cm³/mol. The fraction of sp³-hybridized carbons (Fsp3) is 0.667. The summed E-state index contributed by atoms with van der Waals surface area (Å²) in [6.45, 7) is 4.11. The smallest absolute Gasteiger partial charge is 0.208 e. The van der Waals surface area contributed by atoms with E-state index in [1.165, 1.54) is 0 Å². The van der Waals surface area contributed by atoms with Gasteiger partial charge in [-0.1, -0.05) is 23.6 Å². The minimum atomic E-state index is 0.517. The third-order valence-electron chi connectivity index (χ3n) is 1.98. The van der Waals surface area contributed by atoms with Gasteiger partial charge in [-0.05, 0) is 6.92 Å². The van der Waals surface area contributed by atoms with Crippen molar-refractivity contribution in [1.29, 1.82) is 0 Å². The van der Waals surface area contributed by atoms with Crippen LogP contribution in [0.1, 0.15) is 11.4 Å². The minimum absolute atomic E-state index is 0.517. The van der Waals surface area contributed by atoms with Crippen molar-refractivity contribution in [3.8, 4) is 0 Å². The second-order valence-corrected chi connectivity index (χ2v) is 4.98. The van der Waals surface area contributed by atoms with Gasteiger partial charge in [0.15, 0.2) is 0 Å². The Balaban J connectivity index is 2.59. The van der Waals surface area contributed by atoms with E-state index in [0.717, 1.165) is 23.2 Å². The Kier molecular flexibility index (Phi) is 5.58. The Morgan fingerprint density at radius 1 is 1.50 bits per heavy atom. The lowest BCUT2D eigenvalue weighted by Crippen LogP contribution is -2.30. The molecule has 0 aliphatic carbocycles. The van der Waals surface area contributed by atoms with Crippen molar-refractivity contribution in [2.75, 3.05) is 31.7 Å². The lowest BCUT2D eigenvalue weighted by molar-refractivity contribution is 0.205. The first-order valence-corrected chi connectivity index (χ1v) is 6.18. The SMILES string of the molecule is COCCN(CCC(N)=S)c1nnc(C)s1. The molecule has 0 radical (unpaired) electrons. The number of hydrogen-bond acceptors (Lipinski definition) is 6. The summed E-state index contributed by atoms with van der Waals surface area (Å²) in [6.07, 6.45) is 0.678. The zero-order valence-corrected chi connectivity index (χ0v) is 11.1. The molecule has 0 atom stereocenters. The summed E-state index contributed by atoms with van der Waals surface area (Å²) in [5, 5.41) is 9.94. The number of nitrogens with two attached hydrogens (primary N) is 1. The lowest BCUT2D eigenvalue weighted by atomic mass is 10.4. The van der Waals surface area contributed by atoms with Crippen molar-refractivity contribution >= 4 is 33.7 Å². The van der Waals surface area contributed by atoms with Crippen molar-refractivity contribution in [2.45, 2.75) is 13.3 Å². The van der Waals surface area contributed by atoms with Crippen LogP contribution in [0.25, 0.3) is 0 Å². The van der Waals surface area contributed by atoms with Crippen LogP contribution < -0.4 is 10.6 Å². The van der Waals surface area contributed by atoms with E-state index in [4.69, 9.17) is 22.7 Å². The van der Waals surface area contributed by atoms with Gasteiger partial charge in [0.05, 0.1) is 11.6 Å².